The van der Waals surface area contributed by atoms with Gasteiger partial charge in [-0.3, -0.25) is 0 Å². The Kier molecular flexibility index (Phi) is 4.37. The number of rotatable bonds is 2. The number of benzene rings is 2. The van der Waals surface area contributed by atoms with Crippen molar-refractivity contribution in [3.63, 3.8) is 0 Å². The second-order valence-corrected chi connectivity index (χ2v) is 5.64. The molecule has 0 aromatic heterocycles. The first-order valence-electron chi connectivity index (χ1n) is 4.91. The predicted octanol–water partition coefficient (Wildman–Crippen LogP) is 5.99. The van der Waals surface area contributed by atoms with Crippen LogP contribution in [-0.4, -0.2) is 5.11 Å². The molecule has 0 saturated heterocycles. The third-order valence-electron chi connectivity index (χ3n) is 2.11. The highest BCUT2D eigenvalue weighted by molar-refractivity contribution is 9.11. The van der Waals surface area contributed by atoms with Crippen LogP contribution in [0.5, 0.6) is 5.75 Å². The number of nitrogens with zero attached hydrogens (tertiary/aromatic N) is 2. The molecule has 0 unspecified atom stereocenters. The van der Waals surface area contributed by atoms with Gasteiger partial charge in [0.1, 0.15) is 5.69 Å². The van der Waals surface area contributed by atoms with E-state index >= 15 is 0 Å². The zero-order valence-corrected chi connectivity index (χ0v) is 12.9. The lowest BCUT2D eigenvalue weighted by Crippen LogP contribution is -1.72. The average molecular weight is 390 g/mol. The number of hydrogen-bond donors (Lipinski definition) is 1. The van der Waals surface area contributed by atoms with Crippen LogP contribution in [0.25, 0.3) is 0 Å². The predicted molar refractivity (Wildman–Crippen MR) is 79.1 cm³/mol. The fourth-order valence-electron chi connectivity index (χ4n) is 1.25. The van der Waals surface area contributed by atoms with Gasteiger partial charge in [0, 0.05) is 9.50 Å². The largest absolute Gasteiger partial charge is 0.505 e. The molecule has 2 rings (SSSR count). The molecular weight excluding hydrogens is 383 g/mol. The third kappa shape index (κ3) is 3.31. The van der Waals surface area contributed by atoms with Gasteiger partial charge < -0.3 is 5.11 Å². The smallest absolute Gasteiger partial charge is 0.157 e. The van der Waals surface area contributed by atoms with Gasteiger partial charge in [-0.1, -0.05) is 27.5 Å². The number of hydrogen-bond acceptors (Lipinski definition) is 3. The zero-order chi connectivity index (χ0) is 13.1. The Hall–Kier alpha value is -0.910. The fourth-order valence-corrected chi connectivity index (χ4v) is 2.58. The molecule has 0 aliphatic heterocycles. The van der Waals surface area contributed by atoms with E-state index < -0.39 is 0 Å². The summed E-state index contributed by atoms with van der Waals surface area (Å²) in [5.41, 5.74) is 1.04. The van der Waals surface area contributed by atoms with Crippen LogP contribution in [0.3, 0.4) is 0 Å². The van der Waals surface area contributed by atoms with Crippen molar-refractivity contribution in [1.29, 1.82) is 0 Å². The Morgan fingerprint density at radius 1 is 1.00 bits per heavy atom. The van der Waals surface area contributed by atoms with Crippen molar-refractivity contribution in [2.45, 2.75) is 0 Å². The minimum absolute atomic E-state index is 0.0518. The standard InChI is InChI=1S/C12H7Br2ClN2O/c13-7-5-10(14)12(18)11(6-7)17-16-9-3-1-8(15)2-4-9/h1-6,18H. The summed E-state index contributed by atoms with van der Waals surface area (Å²) in [5.74, 6) is 0.0518. The number of aromatic hydroxyl groups is 1. The lowest BCUT2D eigenvalue weighted by molar-refractivity contribution is 0.473. The Morgan fingerprint density at radius 3 is 2.33 bits per heavy atom. The normalized spacial score (nSPS) is 11.1. The van der Waals surface area contributed by atoms with Crippen molar-refractivity contribution in [1.82, 2.24) is 0 Å². The van der Waals surface area contributed by atoms with Gasteiger partial charge in [-0.05, 0) is 52.3 Å². The molecule has 0 fully saturated rings. The molecule has 0 spiro atoms. The van der Waals surface area contributed by atoms with Gasteiger partial charge in [0.25, 0.3) is 0 Å². The molecule has 2 aromatic carbocycles. The van der Waals surface area contributed by atoms with Crippen molar-refractivity contribution in [2.75, 3.05) is 0 Å². The van der Waals surface area contributed by atoms with Crippen molar-refractivity contribution in [2.24, 2.45) is 10.2 Å². The summed E-state index contributed by atoms with van der Waals surface area (Å²) >= 11 is 12.3. The molecule has 0 aliphatic carbocycles. The lowest BCUT2D eigenvalue weighted by Gasteiger charge is -2.01. The highest BCUT2D eigenvalue weighted by Gasteiger charge is 2.06. The highest BCUT2D eigenvalue weighted by Crippen LogP contribution is 2.38. The van der Waals surface area contributed by atoms with E-state index in [1.807, 2.05) is 0 Å². The molecule has 0 saturated carbocycles. The molecule has 0 radical (unpaired) electrons. The molecule has 0 amide bonds. The Bertz CT molecular complexity index is 600. The van der Waals surface area contributed by atoms with Crippen molar-refractivity contribution >= 4 is 54.8 Å². The van der Waals surface area contributed by atoms with Gasteiger partial charge in [-0.2, -0.15) is 5.11 Å². The van der Waals surface area contributed by atoms with Crippen LogP contribution >= 0.6 is 43.5 Å². The van der Waals surface area contributed by atoms with Crippen LogP contribution in [0.1, 0.15) is 0 Å². The van der Waals surface area contributed by atoms with Crippen molar-refractivity contribution < 1.29 is 5.11 Å². The third-order valence-corrected chi connectivity index (χ3v) is 3.42. The number of phenolic OH excluding ortho intramolecular Hbond substituents is 1. The first kappa shape index (κ1) is 13.5. The van der Waals surface area contributed by atoms with Gasteiger partial charge in [0.2, 0.25) is 0 Å². The van der Waals surface area contributed by atoms with E-state index in [1.165, 1.54) is 0 Å². The maximum absolute atomic E-state index is 9.80. The number of halogens is 3. The van der Waals surface area contributed by atoms with Crippen LogP contribution in [0, 0.1) is 0 Å². The molecule has 0 atom stereocenters. The summed E-state index contributed by atoms with van der Waals surface area (Å²) in [6.45, 7) is 0. The molecule has 0 heterocycles. The SMILES string of the molecule is Oc1c(Br)cc(Br)cc1N=Nc1ccc(Cl)cc1. The second kappa shape index (κ2) is 5.82. The van der Waals surface area contributed by atoms with Gasteiger partial charge in [-0.15, -0.1) is 5.11 Å². The van der Waals surface area contributed by atoms with Crippen molar-refractivity contribution in [3.8, 4) is 5.75 Å². The summed E-state index contributed by atoms with van der Waals surface area (Å²) < 4.78 is 1.36. The van der Waals surface area contributed by atoms with E-state index in [9.17, 15) is 5.11 Å². The molecule has 3 nitrogen and oxygen atoms in total. The molecular formula is C12H7Br2ClN2O. The van der Waals surface area contributed by atoms with E-state index in [4.69, 9.17) is 11.6 Å². The maximum atomic E-state index is 9.80. The second-order valence-electron chi connectivity index (χ2n) is 3.43. The van der Waals surface area contributed by atoms with Crippen LogP contribution in [0.2, 0.25) is 5.02 Å². The molecule has 92 valence electrons. The summed E-state index contributed by atoms with van der Waals surface area (Å²) in [7, 11) is 0. The van der Waals surface area contributed by atoms with E-state index in [0.717, 1.165) is 4.47 Å². The fraction of sp³-hybridized carbons (Fsp3) is 0. The summed E-state index contributed by atoms with van der Waals surface area (Å²) in [4.78, 5) is 0. The minimum atomic E-state index is 0.0518. The van der Waals surface area contributed by atoms with Crippen LogP contribution in [0.15, 0.2) is 55.6 Å². The molecule has 0 bridgehead atoms. The van der Waals surface area contributed by atoms with Gasteiger partial charge >= 0.3 is 0 Å². The van der Waals surface area contributed by atoms with E-state index in [2.05, 4.69) is 42.1 Å². The number of azo groups is 1. The Labute approximate surface area is 126 Å². The molecule has 18 heavy (non-hydrogen) atoms. The number of phenols is 1. The first-order chi connectivity index (χ1) is 8.56. The quantitative estimate of drug-likeness (QED) is 0.629. The maximum Gasteiger partial charge on any atom is 0.157 e. The molecule has 1 N–H and O–H groups in total. The van der Waals surface area contributed by atoms with E-state index in [1.54, 1.807) is 36.4 Å². The van der Waals surface area contributed by atoms with Gasteiger partial charge in [-0.25, -0.2) is 0 Å². The Morgan fingerprint density at radius 2 is 1.67 bits per heavy atom. The van der Waals surface area contributed by atoms with Gasteiger partial charge in [0.15, 0.2) is 5.75 Å². The van der Waals surface area contributed by atoms with Crippen LogP contribution in [0.4, 0.5) is 11.4 Å². The summed E-state index contributed by atoms with van der Waals surface area (Å²) in [6, 6.07) is 10.4. The van der Waals surface area contributed by atoms with Crippen molar-refractivity contribution in [3.05, 3.63) is 50.4 Å². The van der Waals surface area contributed by atoms with E-state index in [0.29, 0.717) is 20.9 Å². The molecule has 2 aromatic rings. The molecule has 6 heteroatoms. The first-order valence-corrected chi connectivity index (χ1v) is 6.88. The summed E-state index contributed by atoms with van der Waals surface area (Å²) in [6.07, 6.45) is 0. The monoisotopic (exact) mass is 388 g/mol. The topological polar surface area (TPSA) is 45.0 Å². The average Bonchev–Trinajstić information content (AvgIpc) is 2.34. The highest BCUT2D eigenvalue weighted by atomic mass is 79.9. The lowest BCUT2D eigenvalue weighted by atomic mass is 10.3. The minimum Gasteiger partial charge on any atom is -0.505 e. The van der Waals surface area contributed by atoms with Gasteiger partial charge in [0.05, 0.1) is 10.2 Å². The van der Waals surface area contributed by atoms with Crippen LogP contribution < -0.4 is 0 Å². The van der Waals surface area contributed by atoms with E-state index in [-0.39, 0.29) is 5.75 Å². The zero-order valence-electron chi connectivity index (χ0n) is 8.94. The van der Waals surface area contributed by atoms with Crippen LogP contribution in [-0.2, 0) is 0 Å². The Balaban J connectivity index is 2.31. The summed E-state index contributed by atoms with van der Waals surface area (Å²) in [5, 5.41) is 18.5. The molecule has 0 aliphatic rings.